The molecule has 0 saturated carbocycles. The van der Waals surface area contributed by atoms with Gasteiger partial charge in [-0.05, 0) is 43.2 Å². The number of rotatable bonds is 2. The Morgan fingerprint density at radius 3 is 3.21 bits per heavy atom. The van der Waals surface area contributed by atoms with Gasteiger partial charge in [0.25, 0.3) is 0 Å². The van der Waals surface area contributed by atoms with Crippen LogP contribution < -0.4 is 10.5 Å². The van der Waals surface area contributed by atoms with E-state index in [1.807, 2.05) is 0 Å². The fourth-order valence-electron chi connectivity index (χ4n) is 1.85. The van der Waals surface area contributed by atoms with Crippen molar-refractivity contribution in [1.29, 1.82) is 0 Å². The van der Waals surface area contributed by atoms with Crippen molar-refractivity contribution in [2.24, 2.45) is 5.73 Å². The minimum Gasteiger partial charge on any atom is -0.492 e. The normalized spacial score (nSPS) is 20.2. The van der Waals surface area contributed by atoms with E-state index in [9.17, 15) is 0 Å². The van der Waals surface area contributed by atoms with Crippen molar-refractivity contribution in [3.8, 4) is 5.75 Å². The molecule has 2 N–H and O–H groups in total. The second kappa shape index (κ2) is 5.59. The lowest BCUT2D eigenvalue weighted by Gasteiger charge is -2.11. The van der Waals surface area contributed by atoms with Gasteiger partial charge in [-0.1, -0.05) is 0 Å². The topological polar surface area (TPSA) is 35.2 Å². The molecule has 2 nitrogen and oxygen atoms in total. The van der Waals surface area contributed by atoms with Gasteiger partial charge >= 0.3 is 0 Å². The van der Waals surface area contributed by atoms with Crippen molar-refractivity contribution in [2.45, 2.75) is 25.2 Å². The highest BCUT2D eigenvalue weighted by atomic mass is 35.5. The molecule has 0 saturated heterocycles. The second-order valence-electron chi connectivity index (χ2n) is 3.41. The van der Waals surface area contributed by atoms with Crippen molar-refractivity contribution in [3.63, 3.8) is 0 Å². The lowest BCUT2D eigenvalue weighted by atomic mass is 9.98. The largest absolute Gasteiger partial charge is 0.492 e. The maximum Gasteiger partial charge on any atom is 0.133 e. The smallest absolute Gasteiger partial charge is 0.133 e. The summed E-state index contributed by atoms with van der Waals surface area (Å²) in [7, 11) is 0. The van der Waals surface area contributed by atoms with Crippen molar-refractivity contribution >= 4 is 23.7 Å². The zero-order valence-corrected chi connectivity index (χ0v) is 9.70. The molecule has 0 radical (unpaired) electrons. The van der Waals surface area contributed by atoms with E-state index in [0.29, 0.717) is 5.92 Å². The van der Waals surface area contributed by atoms with E-state index >= 15 is 0 Å². The highest BCUT2D eigenvalue weighted by Gasteiger charge is 2.19. The summed E-state index contributed by atoms with van der Waals surface area (Å²) in [5.41, 5.74) is 5.60. The van der Waals surface area contributed by atoms with Crippen LogP contribution in [0.15, 0.2) is 11.4 Å². The van der Waals surface area contributed by atoms with Crippen LogP contribution in [0, 0.1) is 0 Å². The average Bonchev–Trinajstić information content (AvgIpc) is 2.52. The molecule has 2 heterocycles. The number of hydrogen-bond donors (Lipinski definition) is 1. The van der Waals surface area contributed by atoms with Crippen LogP contribution in [-0.4, -0.2) is 13.2 Å². The van der Waals surface area contributed by atoms with E-state index in [4.69, 9.17) is 10.5 Å². The number of hydrogen-bond acceptors (Lipinski definition) is 3. The monoisotopic (exact) mass is 233 g/mol. The van der Waals surface area contributed by atoms with Gasteiger partial charge in [0.05, 0.1) is 6.61 Å². The van der Waals surface area contributed by atoms with E-state index in [0.717, 1.165) is 31.7 Å². The SMILES string of the molecule is Cl.NCCC1CCCOc2ccsc21. The molecular weight excluding hydrogens is 218 g/mol. The molecule has 2 rings (SSSR count). The van der Waals surface area contributed by atoms with Crippen LogP contribution in [0.4, 0.5) is 0 Å². The van der Waals surface area contributed by atoms with Gasteiger partial charge in [-0.2, -0.15) is 0 Å². The van der Waals surface area contributed by atoms with Crippen LogP contribution in [0.25, 0.3) is 0 Å². The van der Waals surface area contributed by atoms with Crippen molar-refractivity contribution < 1.29 is 4.74 Å². The number of fused-ring (bicyclic) bond motifs is 1. The van der Waals surface area contributed by atoms with Crippen molar-refractivity contribution in [3.05, 3.63) is 16.3 Å². The lowest BCUT2D eigenvalue weighted by Crippen LogP contribution is -2.05. The zero-order valence-electron chi connectivity index (χ0n) is 8.07. The van der Waals surface area contributed by atoms with Gasteiger partial charge in [0.1, 0.15) is 5.75 Å². The van der Waals surface area contributed by atoms with Crippen LogP contribution in [0.2, 0.25) is 0 Å². The molecule has 1 aromatic rings. The summed E-state index contributed by atoms with van der Waals surface area (Å²) in [4.78, 5) is 1.41. The summed E-state index contributed by atoms with van der Waals surface area (Å²) >= 11 is 1.81. The van der Waals surface area contributed by atoms with Crippen LogP contribution >= 0.6 is 23.7 Å². The Labute approximate surface area is 94.9 Å². The number of nitrogens with two attached hydrogens (primary N) is 1. The predicted octanol–water partition coefficient (Wildman–Crippen LogP) is 2.77. The number of ether oxygens (including phenoxy) is 1. The van der Waals surface area contributed by atoms with Gasteiger partial charge in [0.2, 0.25) is 0 Å². The van der Waals surface area contributed by atoms with Gasteiger partial charge in [0, 0.05) is 4.88 Å². The fraction of sp³-hybridized carbons (Fsp3) is 0.600. The fourth-order valence-corrected chi connectivity index (χ4v) is 2.86. The zero-order chi connectivity index (χ0) is 9.10. The first-order chi connectivity index (χ1) is 6.42. The van der Waals surface area contributed by atoms with E-state index in [1.165, 1.54) is 11.3 Å². The van der Waals surface area contributed by atoms with Gasteiger partial charge in [-0.25, -0.2) is 0 Å². The number of halogens is 1. The maximum atomic E-state index is 5.63. The summed E-state index contributed by atoms with van der Waals surface area (Å²) in [5, 5.41) is 2.11. The van der Waals surface area contributed by atoms with Gasteiger partial charge < -0.3 is 10.5 Å². The molecule has 0 fully saturated rings. The van der Waals surface area contributed by atoms with Crippen molar-refractivity contribution in [2.75, 3.05) is 13.2 Å². The van der Waals surface area contributed by atoms with E-state index in [2.05, 4.69) is 11.4 Å². The second-order valence-corrected chi connectivity index (χ2v) is 4.36. The molecule has 1 aliphatic heterocycles. The first-order valence-electron chi connectivity index (χ1n) is 4.82. The predicted molar refractivity (Wildman–Crippen MR) is 62.7 cm³/mol. The Hall–Kier alpha value is -0.250. The molecule has 0 amide bonds. The molecule has 1 aliphatic rings. The number of thiophene rings is 1. The Morgan fingerprint density at radius 1 is 1.57 bits per heavy atom. The third-order valence-corrected chi connectivity index (χ3v) is 3.56. The molecule has 80 valence electrons. The van der Waals surface area contributed by atoms with Gasteiger partial charge in [0.15, 0.2) is 0 Å². The molecule has 4 heteroatoms. The Bertz CT molecular complexity index is 277. The third-order valence-electron chi connectivity index (χ3n) is 2.50. The lowest BCUT2D eigenvalue weighted by molar-refractivity contribution is 0.316. The summed E-state index contributed by atoms with van der Waals surface area (Å²) < 4.78 is 5.63. The molecule has 0 bridgehead atoms. The van der Waals surface area contributed by atoms with Crippen LogP contribution in [0.1, 0.15) is 30.1 Å². The quantitative estimate of drug-likeness (QED) is 0.853. The first kappa shape index (κ1) is 11.8. The Balaban J connectivity index is 0.000000980. The Morgan fingerprint density at radius 2 is 2.43 bits per heavy atom. The summed E-state index contributed by atoms with van der Waals surface area (Å²) in [6.45, 7) is 1.65. The standard InChI is InChI=1S/C10H15NOS.ClH/c11-5-3-8-2-1-6-12-9-4-7-13-10(8)9;/h4,7-8H,1-3,5-6,11H2;1H. The average molecular weight is 234 g/mol. The molecule has 1 unspecified atom stereocenters. The van der Waals surface area contributed by atoms with Crippen LogP contribution in [0.5, 0.6) is 5.75 Å². The molecule has 1 atom stereocenters. The minimum atomic E-state index is 0. The molecule has 0 spiro atoms. The van der Waals surface area contributed by atoms with E-state index < -0.39 is 0 Å². The minimum absolute atomic E-state index is 0. The van der Waals surface area contributed by atoms with E-state index in [-0.39, 0.29) is 12.4 Å². The maximum absolute atomic E-state index is 5.63. The summed E-state index contributed by atoms with van der Waals surface area (Å²) in [6, 6.07) is 2.08. The molecule has 0 aromatic carbocycles. The van der Waals surface area contributed by atoms with Gasteiger partial charge in [-0.3, -0.25) is 0 Å². The van der Waals surface area contributed by atoms with E-state index in [1.54, 1.807) is 11.3 Å². The summed E-state index contributed by atoms with van der Waals surface area (Å²) in [6.07, 6.45) is 3.48. The Kier molecular flexibility index (Phi) is 4.72. The summed E-state index contributed by atoms with van der Waals surface area (Å²) in [5.74, 6) is 1.74. The van der Waals surface area contributed by atoms with Crippen LogP contribution in [0.3, 0.4) is 0 Å². The third kappa shape index (κ3) is 2.41. The van der Waals surface area contributed by atoms with Gasteiger partial charge in [-0.15, -0.1) is 23.7 Å². The first-order valence-corrected chi connectivity index (χ1v) is 5.70. The highest BCUT2D eigenvalue weighted by molar-refractivity contribution is 7.10. The molecular formula is C10H16ClNOS. The van der Waals surface area contributed by atoms with Crippen molar-refractivity contribution in [1.82, 2.24) is 0 Å². The van der Waals surface area contributed by atoms with Crippen LogP contribution in [-0.2, 0) is 0 Å². The molecule has 14 heavy (non-hydrogen) atoms. The highest BCUT2D eigenvalue weighted by Crippen LogP contribution is 2.38. The molecule has 0 aliphatic carbocycles. The molecule has 1 aromatic heterocycles.